The lowest BCUT2D eigenvalue weighted by molar-refractivity contribution is 0.0951. The molecule has 0 aliphatic rings. The molecule has 0 spiro atoms. The first-order chi connectivity index (χ1) is 9.06. The zero-order valence-electron chi connectivity index (χ0n) is 12.7. The Labute approximate surface area is 117 Å². The Bertz CT molecular complexity index is 381. The van der Waals surface area contributed by atoms with Gasteiger partial charge in [-0.05, 0) is 31.4 Å². The zero-order valence-corrected chi connectivity index (χ0v) is 12.7. The van der Waals surface area contributed by atoms with Crippen LogP contribution < -0.4 is 5.32 Å². The standard InChI is InChI=1S/C17H27NO/c1-5-6-7-12-18-14(4)17(19)16-10-8-15(9-11-16)13(2)3/h8-11,13-14,18H,5-7,12H2,1-4H3. The summed E-state index contributed by atoms with van der Waals surface area (Å²) in [6, 6.07) is 7.91. The molecule has 0 fully saturated rings. The predicted molar refractivity (Wildman–Crippen MR) is 81.9 cm³/mol. The van der Waals surface area contributed by atoms with Crippen molar-refractivity contribution in [3.05, 3.63) is 35.4 Å². The van der Waals surface area contributed by atoms with Crippen LogP contribution in [0.1, 0.15) is 68.8 Å². The van der Waals surface area contributed by atoms with Crippen molar-refractivity contribution >= 4 is 5.78 Å². The van der Waals surface area contributed by atoms with Crippen molar-refractivity contribution in [2.75, 3.05) is 6.54 Å². The molecule has 1 rings (SSSR count). The highest BCUT2D eigenvalue weighted by molar-refractivity contribution is 5.99. The first kappa shape index (κ1) is 15.9. The van der Waals surface area contributed by atoms with Crippen molar-refractivity contribution in [1.29, 1.82) is 0 Å². The molecular formula is C17H27NO. The molecule has 1 N–H and O–H groups in total. The molecule has 1 aromatic carbocycles. The van der Waals surface area contributed by atoms with E-state index in [1.54, 1.807) is 0 Å². The maximum atomic E-state index is 12.2. The van der Waals surface area contributed by atoms with Gasteiger partial charge in [0.2, 0.25) is 0 Å². The average molecular weight is 261 g/mol. The number of hydrogen-bond acceptors (Lipinski definition) is 2. The van der Waals surface area contributed by atoms with Crippen LogP contribution in [-0.4, -0.2) is 18.4 Å². The van der Waals surface area contributed by atoms with Gasteiger partial charge >= 0.3 is 0 Å². The Morgan fingerprint density at radius 1 is 1.11 bits per heavy atom. The van der Waals surface area contributed by atoms with Crippen molar-refractivity contribution < 1.29 is 4.79 Å². The molecule has 1 atom stereocenters. The van der Waals surface area contributed by atoms with E-state index in [4.69, 9.17) is 0 Å². The van der Waals surface area contributed by atoms with E-state index >= 15 is 0 Å². The van der Waals surface area contributed by atoms with Gasteiger partial charge in [0.15, 0.2) is 5.78 Å². The highest BCUT2D eigenvalue weighted by Crippen LogP contribution is 2.15. The lowest BCUT2D eigenvalue weighted by Gasteiger charge is -2.13. The summed E-state index contributed by atoms with van der Waals surface area (Å²) in [5, 5.41) is 3.30. The van der Waals surface area contributed by atoms with Crippen LogP contribution in [-0.2, 0) is 0 Å². The van der Waals surface area contributed by atoms with Crippen LogP contribution in [0.2, 0.25) is 0 Å². The third kappa shape index (κ3) is 5.15. The number of benzene rings is 1. The summed E-state index contributed by atoms with van der Waals surface area (Å²) in [4.78, 5) is 12.2. The van der Waals surface area contributed by atoms with E-state index < -0.39 is 0 Å². The van der Waals surface area contributed by atoms with Gasteiger partial charge < -0.3 is 5.32 Å². The SMILES string of the molecule is CCCCCNC(C)C(=O)c1ccc(C(C)C)cc1. The number of ketones is 1. The Morgan fingerprint density at radius 2 is 1.74 bits per heavy atom. The highest BCUT2D eigenvalue weighted by atomic mass is 16.1. The van der Waals surface area contributed by atoms with Crippen molar-refractivity contribution in [2.45, 2.75) is 58.9 Å². The molecule has 0 aliphatic heterocycles. The third-order valence-corrected chi connectivity index (χ3v) is 3.49. The average Bonchev–Trinajstić information content (AvgIpc) is 2.42. The van der Waals surface area contributed by atoms with Gasteiger partial charge in [-0.1, -0.05) is 57.9 Å². The molecular weight excluding hydrogens is 234 g/mol. The second-order valence-corrected chi connectivity index (χ2v) is 5.52. The highest BCUT2D eigenvalue weighted by Gasteiger charge is 2.14. The molecule has 2 heteroatoms. The molecule has 1 aromatic rings. The Morgan fingerprint density at radius 3 is 2.26 bits per heavy atom. The van der Waals surface area contributed by atoms with Gasteiger partial charge in [0.05, 0.1) is 6.04 Å². The molecule has 0 bridgehead atoms. The van der Waals surface area contributed by atoms with Crippen molar-refractivity contribution in [1.82, 2.24) is 5.32 Å². The minimum atomic E-state index is -0.0956. The number of Topliss-reactive ketones (excluding diaryl/α,β-unsaturated/α-hetero) is 1. The Kier molecular flexibility index (Phi) is 6.79. The van der Waals surface area contributed by atoms with Gasteiger partial charge in [-0.15, -0.1) is 0 Å². The Hall–Kier alpha value is -1.15. The minimum absolute atomic E-state index is 0.0956. The third-order valence-electron chi connectivity index (χ3n) is 3.49. The van der Waals surface area contributed by atoms with E-state index in [1.807, 2.05) is 19.1 Å². The van der Waals surface area contributed by atoms with E-state index in [0.29, 0.717) is 5.92 Å². The monoisotopic (exact) mass is 261 g/mol. The molecule has 0 aromatic heterocycles. The van der Waals surface area contributed by atoms with Crippen LogP contribution in [0.25, 0.3) is 0 Å². The van der Waals surface area contributed by atoms with Gasteiger partial charge in [-0.3, -0.25) is 4.79 Å². The second-order valence-electron chi connectivity index (χ2n) is 5.52. The molecule has 1 unspecified atom stereocenters. The molecule has 0 saturated carbocycles. The van der Waals surface area contributed by atoms with Crippen LogP contribution in [0.3, 0.4) is 0 Å². The van der Waals surface area contributed by atoms with Gasteiger partial charge in [-0.25, -0.2) is 0 Å². The molecule has 0 amide bonds. The summed E-state index contributed by atoms with van der Waals surface area (Å²) in [5.74, 6) is 0.695. The molecule has 0 aliphatic carbocycles. The number of carbonyl (C=O) groups excluding carboxylic acids is 1. The van der Waals surface area contributed by atoms with Crippen LogP contribution in [0.15, 0.2) is 24.3 Å². The van der Waals surface area contributed by atoms with Crippen LogP contribution in [0.4, 0.5) is 0 Å². The molecule has 106 valence electrons. The van der Waals surface area contributed by atoms with E-state index in [2.05, 4.69) is 38.2 Å². The van der Waals surface area contributed by atoms with Gasteiger partial charge in [0, 0.05) is 5.56 Å². The van der Waals surface area contributed by atoms with Crippen molar-refractivity contribution in [2.24, 2.45) is 0 Å². The first-order valence-electron chi connectivity index (χ1n) is 7.43. The maximum absolute atomic E-state index is 12.2. The normalized spacial score (nSPS) is 12.7. The Balaban J connectivity index is 2.51. The summed E-state index contributed by atoms with van der Waals surface area (Å²) in [6.07, 6.45) is 3.57. The van der Waals surface area contributed by atoms with Gasteiger partial charge in [0.25, 0.3) is 0 Å². The number of carbonyl (C=O) groups is 1. The fourth-order valence-corrected chi connectivity index (χ4v) is 2.07. The zero-order chi connectivity index (χ0) is 14.3. The van der Waals surface area contributed by atoms with Crippen LogP contribution in [0.5, 0.6) is 0 Å². The van der Waals surface area contributed by atoms with Gasteiger partial charge in [-0.2, -0.15) is 0 Å². The second kappa shape index (κ2) is 8.11. The van der Waals surface area contributed by atoms with Crippen LogP contribution in [0, 0.1) is 0 Å². The van der Waals surface area contributed by atoms with E-state index in [9.17, 15) is 4.79 Å². The van der Waals surface area contributed by atoms with E-state index in [1.165, 1.54) is 18.4 Å². The van der Waals surface area contributed by atoms with E-state index in [0.717, 1.165) is 18.5 Å². The summed E-state index contributed by atoms with van der Waals surface area (Å²) in [6.45, 7) is 9.38. The smallest absolute Gasteiger partial charge is 0.179 e. The summed E-state index contributed by atoms with van der Waals surface area (Å²) in [5.41, 5.74) is 2.08. The molecule has 0 radical (unpaired) electrons. The largest absolute Gasteiger partial charge is 0.307 e. The molecule has 2 nitrogen and oxygen atoms in total. The summed E-state index contributed by atoms with van der Waals surface area (Å²) >= 11 is 0. The fraction of sp³-hybridized carbons (Fsp3) is 0.588. The first-order valence-corrected chi connectivity index (χ1v) is 7.43. The predicted octanol–water partition coefficient (Wildman–Crippen LogP) is 4.16. The van der Waals surface area contributed by atoms with Crippen molar-refractivity contribution in [3.8, 4) is 0 Å². The summed E-state index contributed by atoms with van der Waals surface area (Å²) < 4.78 is 0. The van der Waals surface area contributed by atoms with E-state index in [-0.39, 0.29) is 11.8 Å². The summed E-state index contributed by atoms with van der Waals surface area (Å²) in [7, 11) is 0. The minimum Gasteiger partial charge on any atom is -0.307 e. The number of nitrogens with one attached hydrogen (secondary N) is 1. The molecule has 0 heterocycles. The fourth-order valence-electron chi connectivity index (χ4n) is 2.07. The molecule has 19 heavy (non-hydrogen) atoms. The van der Waals surface area contributed by atoms with Gasteiger partial charge in [0.1, 0.15) is 0 Å². The topological polar surface area (TPSA) is 29.1 Å². The van der Waals surface area contributed by atoms with Crippen molar-refractivity contribution in [3.63, 3.8) is 0 Å². The number of unbranched alkanes of at least 4 members (excludes halogenated alkanes) is 2. The maximum Gasteiger partial charge on any atom is 0.179 e. The quantitative estimate of drug-likeness (QED) is 0.562. The van der Waals surface area contributed by atoms with Crippen LogP contribution >= 0.6 is 0 Å². The number of rotatable bonds is 8. The number of hydrogen-bond donors (Lipinski definition) is 1. The molecule has 0 saturated heterocycles. The lowest BCUT2D eigenvalue weighted by atomic mass is 9.99. The lowest BCUT2D eigenvalue weighted by Crippen LogP contribution is -2.34.